The molecule has 2 aromatic rings. The van der Waals surface area contributed by atoms with Crippen LogP contribution in [0.1, 0.15) is 17.9 Å². The lowest BCUT2D eigenvalue weighted by Gasteiger charge is -2.09. The first-order chi connectivity index (χ1) is 8.81. The fourth-order valence-corrected chi connectivity index (χ4v) is 2.50. The molecule has 2 heterocycles. The molecular weight excluding hydrogens is 226 g/mol. The molecule has 2 N–H and O–H groups in total. The van der Waals surface area contributed by atoms with Crippen LogP contribution in [0, 0.1) is 12.8 Å². The van der Waals surface area contributed by atoms with E-state index in [1.165, 1.54) is 12.0 Å². The molecule has 0 spiro atoms. The van der Waals surface area contributed by atoms with E-state index in [1.54, 1.807) is 0 Å². The van der Waals surface area contributed by atoms with E-state index in [2.05, 4.69) is 27.8 Å². The van der Waals surface area contributed by atoms with E-state index in [9.17, 15) is 0 Å². The van der Waals surface area contributed by atoms with Gasteiger partial charge in [-0.15, -0.1) is 0 Å². The highest BCUT2D eigenvalue weighted by Crippen LogP contribution is 2.16. The van der Waals surface area contributed by atoms with Gasteiger partial charge in [0.05, 0.1) is 0 Å². The standard InChI is InChI=1S/C14H19N3O/c1-10-17-13-3-2-11(6-14(13)18-10)7-16-9-12-4-5-15-8-12/h2-3,6,12,15-16H,4-5,7-9H2,1H3. The quantitative estimate of drug-likeness (QED) is 0.863. The third kappa shape index (κ3) is 2.54. The first kappa shape index (κ1) is 11.7. The minimum atomic E-state index is 0.729. The number of aryl methyl sites for hydroxylation is 1. The molecule has 4 nitrogen and oxygen atoms in total. The Kier molecular flexibility index (Phi) is 3.30. The van der Waals surface area contributed by atoms with E-state index < -0.39 is 0 Å². The first-order valence-electron chi connectivity index (χ1n) is 6.59. The average molecular weight is 245 g/mol. The molecule has 0 saturated carbocycles. The van der Waals surface area contributed by atoms with Crippen molar-refractivity contribution in [1.82, 2.24) is 15.6 Å². The van der Waals surface area contributed by atoms with Crippen LogP contribution < -0.4 is 10.6 Å². The lowest BCUT2D eigenvalue weighted by Crippen LogP contribution is -2.23. The summed E-state index contributed by atoms with van der Waals surface area (Å²) in [5.74, 6) is 1.51. The predicted molar refractivity (Wildman–Crippen MR) is 71.4 cm³/mol. The Labute approximate surface area is 107 Å². The number of aromatic nitrogens is 1. The Bertz CT molecular complexity index is 529. The summed E-state index contributed by atoms with van der Waals surface area (Å²) in [5.41, 5.74) is 3.08. The molecule has 0 aliphatic carbocycles. The van der Waals surface area contributed by atoms with Crippen LogP contribution in [0.3, 0.4) is 0 Å². The van der Waals surface area contributed by atoms with Gasteiger partial charge in [-0.1, -0.05) is 6.07 Å². The third-order valence-corrected chi connectivity index (χ3v) is 3.48. The Morgan fingerprint density at radius 1 is 1.50 bits per heavy atom. The Hall–Kier alpha value is -1.39. The Morgan fingerprint density at radius 3 is 3.28 bits per heavy atom. The van der Waals surface area contributed by atoms with Gasteiger partial charge >= 0.3 is 0 Å². The van der Waals surface area contributed by atoms with Crippen LogP contribution in [0.2, 0.25) is 0 Å². The first-order valence-corrected chi connectivity index (χ1v) is 6.59. The van der Waals surface area contributed by atoms with Gasteiger partial charge < -0.3 is 15.1 Å². The second-order valence-corrected chi connectivity index (χ2v) is 5.02. The number of nitrogens with one attached hydrogen (secondary N) is 2. The van der Waals surface area contributed by atoms with E-state index in [4.69, 9.17) is 4.42 Å². The zero-order valence-electron chi connectivity index (χ0n) is 10.7. The van der Waals surface area contributed by atoms with Gasteiger partial charge in [0.25, 0.3) is 0 Å². The fourth-order valence-electron chi connectivity index (χ4n) is 2.50. The minimum Gasteiger partial charge on any atom is -0.441 e. The molecule has 1 aromatic heterocycles. The second kappa shape index (κ2) is 5.08. The van der Waals surface area contributed by atoms with Crippen LogP contribution in [0.5, 0.6) is 0 Å². The van der Waals surface area contributed by atoms with E-state index in [0.717, 1.165) is 49.1 Å². The molecule has 0 bridgehead atoms. The van der Waals surface area contributed by atoms with Crippen LogP contribution in [-0.4, -0.2) is 24.6 Å². The molecule has 1 saturated heterocycles. The van der Waals surface area contributed by atoms with Crippen molar-refractivity contribution in [1.29, 1.82) is 0 Å². The summed E-state index contributed by atoms with van der Waals surface area (Å²) < 4.78 is 5.54. The molecule has 1 aliphatic heterocycles. The molecule has 0 radical (unpaired) electrons. The van der Waals surface area contributed by atoms with Crippen molar-refractivity contribution in [3.05, 3.63) is 29.7 Å². The van der Waals surface area contributed by atoms with Crippen LogP contribution in [0.25, 0.3) is 11.1 Å². The maximum absolute atomic E-state index is 5.54. The number of hydrogen-bond donors (Lipinski definition) is 2. The molecule has 1 unspecified atom stereocenters. The smallest absolute Gasteiger partial charge is 0.192 e. The van der Waals surface area contributed by atoms with Crippen molar-refractivity contribution in [2.24, 2.45) is 5.92 Å². The summed E-state index contributed by atoms with van der Waals surface area (Å²) in [5, 5.41) is 6.90. The van der Waals surface area contributed by atoms with E-state index >= 15 is 0 Å². The second-order valence-electron chi connectivity index (χ2n) is 5.02. The lowest BCUT2D eigenvalue weighted by atomic mass is 10.1. The highest BCUT2D eigenvalue weighted by atomic mass is 16.3. The summed E-state index contributed by atoms with van der Waals surface area (Å²) in [6.45, 7) is 6.17. The van der Waals surface area contributed by atoms with Crippen LogP contribution in [0.4, 0.5) is 0 Å². The summed E-state index contributed by atoms with van der Waals surface area (Å²) in [6.07, 6.45) is 1.29. The van der Waals surface area contributed by atoms with Gasteiger partial charge in [0.15, 0.2) is 11.5 Å². The topological polar surface area (TPSA) is 50.1 Å². The number of hydrogen-bond acceptors (Lipinski definition) is 4. The summed E-state index contributed by atoms with van der Waals surface area (Å²) in [6, 6.07) is 6.22. The Balaban J connectivity index is 1.59. The number of oxazole rings is 1. The number of nitrogens with zero attached hydrogens (tertiary/aromatic N) is 1. The maximum Gasteiger partial charge on any atom is 0.192 e. The molecule has 96 valence electrons. The van der Waals surface area contributed by atoms with Gasteiger partial charge in [-0.25, -0.2) is 4.98 Å². The molecule has 18 heavy (non-hydrogen) atoms. The van der Waals surface area contributed by atoms with Crippen molar-refractivity contribution in [3.8, 4) is 0 Å². The van der Waals surface area contributed by atoms with Crippen LogP contribution in [-0.2, 0) is 6.54 Å². The van der Waals surface area contributed by atoms with Crippen LogP contribution in [0.15, 0.2) is 22.6 Å². The highest BCUT2D eigenvalue weighted by Gasteiger charge is 2.13. The predicted octanol–water partition coefficient (Wildman–Crippen LogP) is 1.84. The third-order valence-electron chi connectivity index (χ3n) is 3.48. The van der Waals surface area contributed by atoms with Crippen molar-refractivity contribution in [2.75, 3.05) is 19.6 Å². The molecule has 1 aromatic carbocycles. The molecule has 0 amide bonds. The van der Waals surface area contributed by atoms with Gasteiger partial charge in [0.1, 0.15) is 5.52 Å². The summed E-state index contributed by atoms with van der Waals surface area (Å²) in [4.78, 5) is 4.30. The molecule has 1 atom stereocenters. The van der Waals surface area contributed by atoms with Crippen molar-refractivity contribution >= 4 is 11.1 Å². The monoisotopic (exact) mass is 245 g/mol. The van der Waals surface area contributed by atoms with Gasteiger partial charge in [-0.05, 0) is 49.7 Å². The van der Waals surface area contributed by atoms with Crippen molar-refractivity contribution in [3.63, 3.8) is 0 Å². The van der Waals surface area contributed by atoms with Crippen molar-refractivity contribution in [2.45, 2.75) is 19.9 Å². The molecule has 1 aliphatic rings. The van der Waals surface area contributed by atoms with Gasteiger partial charge in [0, 0.05) is 13.5 Å². The normalized spacial score (nSPS) is 19.7. The van der Waals surface area contributed by atoms with Gasteiger partial charge in [0.2, 0.25) is 0 Å². The van der Waals surface area contributed by atoms with Gasteiger partial charge in [-0.3, -0.25) is 0 Å². The zero-order valence-corrected chi connectivity index (χ0v) is 10.7. The highest BCUT2D eigenvalue weighted by molar-refractivity contribution is 5.73. The van der Waals surface area contributed by atoms with Crippen molar-refractivity contribution < 1.29 is 4.42 Å². The van der Waals surface area contributed by atoms with E-state index in [0.29, 0.717) is 0 Å². The lowest BCUT2D eigenvalue weighted by molar-refractivity contribution is 0.512. The fraction of sp³-hybridized carbons (Fsp3) is 0.500. The van der Waals surface area contributed by atoms with Crippen LogP contribution >= 0.6 is 0 Å². The Morgan fingerprint density at radius 2 is 2.44 bits per heavy atom. The van der Waals surface area contributed by atoms with E-state index in [-0.39, 0.29) is 0 Å². The largest absolute Gasteiger partial charge is 0.441 e. The SMILES string of the molecule is Cc1nc2ccc(CNCC3CCNC3)cc2o1. The summed E-state index contributed by atoms with van der Waals surface area (Å²) in [7, 11) is 0. The number of benzene rings is 1. The average Bonchev–Trinajstić information content (AvgIpc) is 2.96. The number of fused-ring (bicyclic) bond motifs is 1. The minimum absolute atomic E-state index is 0.729. The maximum atomic E-state index is 5.54. The molecular formula is C14H19N3O. The summed E-state index contributed by atoms with van der Waals surface area (Å²) >= 11 is 0. The van der Waals surface area contributed by atoms with E-state index in [1.807, 2.05) is 13.0 Å². The number of rotatable bonds is 4. The van der Waals surface area contributed by atoms with Gasteiger partial charge in [-0.2, -0.15) is 0 Å². The molecule has 3 rings (SSSR count). The molecule has 4 heteroatoms. The molecule has 1 fully saturated rings. The zero-order chi connectivity index (χ0) is 12.4.